The van der Waals surface area contributed by atoms with Crippen LogP contribution >= 0.6 is 0 Å². The van der Waals surface area contributed by atoms with Crippen LogP contribution < -0.4 is 10.6 Å². The van der Waals surface area contributed by atoms with Crippen LogP contribution in [0.15, 0.2) is 24.3 Å². The summed E-state index contributed by atoms with van der Waals surface area (Å²) in [4.78, 5) is 11.8. The molecule has 22 heavy (non-hydrogen) atoms. The van der Waals surface area contributed by atoms with Crippen molar-refractivity contribution in [3.8, 4) is 0 Å². The number of benzene rings is 1. The fraction of sp³-hybridized carbons (Fsp3) is 0.562. The molecule has 6 heteroatoms. The predicted molar refractivity (Wildman–Crippen MR) is 78.2 cm³/mol. The fourth-order valence-corrected chi connectivity index (χ4v) is 2.63. The van der Waals surface area contributed by atoms with Crippen LogP contribution in [0.4, 0.5) is 18.0 Å². The number of carbonyl (C=O) groups excluding carboxylic acids is 1. The quantitative estimate of drug-likeness (QED) is 0.867. The molecule has 0 aromatic heterocycles. The van der Waals surface area contributed by atoms with E-state index < -0.39 is 11.7 Å². The summed E-state index contributed by atoms with van der Waals surface area (Å²) in [6.07, 6.45) is -0.140. The van der Waals surface area contributed by atoms with Crippen LogP contribution in [0.2, 0.25) is 0 Å². The van der Waals surface area contributed by atoms with E-state index in [1.54, 1.807) is 0 Å². The molecule has 1 aromatic rings. The maximum Gasteiger partial charge on any atom is 0.416 e. The van der Waals surface area contributed by atoms with Gasteiger partial charge < -0.3 is 10.6 Å². The van der Waals surface area contributed by atoms with Gasteiger partial charge in [-0.25, -0.2) is 4.79 Å². The highest BCUT2D eigenvalue weighted by Crippen LogP contribution is 2.29. The number of hydrogen-bond donors (Lipinski definition) is 2. The van der Waals surface area contributed by atoms with E-state index in [0.717, 1.165) is 37.8 Å². The van der Waals surface area contributed by atoms with Crippen LogP contribution in [-0.2, 0) is 12.7 Å². The Kier molecular flexibility index (Phi) is 5.32. The Morgan fingerprint density at radius 2 is 1.73 bits per heavy atom. The normalized spacial score (nSPS) is 22.2. The van der Waals surface area contributed by atoms with Gasteiger partial charge >= 0.3 is 12.2 Å². The van der Waals surface area contributed by atoms with Gasteiger partial charge in [0.05, 0.1) is 5.56 Å². The van der Waals surface area contributed by atoms with Gasteiger partial charge in [0.15, 0.2) is 0 Å². The summed E-state index contributed by atoms with van der Waals surface area (Å²) in [5, 5.41) is 5.60. The summed E-state index contributed by atoms with van der Waals surface area (Å²) in [6.45, 7) is 2.42. The van der Waals surface area contributed by atoms with Gasteiger partial charge in [-0.2, -0.15) is 13.2 Å². The molecule has 3 nitrogen and oxygen atoms in total. The van der Waals surface area contributed by atoms with E-state index in [1.165, 1.54) is 12.1 Å². The van der Waals surface area contributed by atoms with Gasteiger partial charge in [-0.1, -0.05) is 19.1 Å². The molecule has 1 aliphatic carbocycles. The van der Waals surface area contributed by atoms with Crippen molar-refractivity contribution in [1.29, 1.82) is 0 Å². The third-order valence-electron chi connectivity index (χ3n) is 4.09. The lowest BCUT2D eigenvalue weighted by molar-refractivity contribution is -0.137. The minimum Gasteiger partial charge on any atom is -0.335 e. The first-order valence-corrected chi connectivity index (χ1v) is 7.55. The number of carbonyl (C=O) groups is 1. The molecule has 0 radical (unpaired) electrons. The molecular formula is C16H21F3N2O. The minimum absolute atomic E-state index is 0.198. The first-order chi connectivity index (χ1) is 10.3. The molecule has 1 saturated carbocycles. The van der Waals surface area contributed by atoms with Crippen LogP contribution in [0.25, 0.3) is 0 Å². The van der Waals surface area contributed by atoms with Crippen molar-refractivity contribution in [3.63, 3.8) is 0 Å². The largest absolute Gasteiger partial charge is 0.416 e. The number of hydrogen-bond acceptors (Lipinski definition) is 1. The van der Waals surface area contributed by atoms with Crippen molar-refractivity contribution in [3.05, 3.63) is 35.4 Å². The van der Waals surface area contributed by atoms with Crippen molar-refractivity contribution < 1.29 is 18.0 Å². The SMILES string of the molecule is C[C@H]1CC[C@H](NC(=O)NCc2ccc(C(F)(F)F)cc2)CC1. The van der Waals surface area contributed by atoms with Gasteiger partial charge in [0.1, 0.15) is 0 Å². The highest BCUT2D eigenvalue weighted by Gasteiger charge is 2.29. The molecule has 0 bridgehead atoms. The van der Waals surface area contributed by atoms with Gasteiger partial charge in [-0.3, -0.25) is 0 Å². The van der Waals surface area contributed by atoms with Crippen molar-refractivity contribution in [2.75, 3.05) is 0 Å². The van der Waals surface area contributed by atoms with Gasteiger partial charge in [-0.15, -0.1) is 0 Å². The van der Waals surface area contributed by atoms with E-state index in [9.17, 15) is 18.0 Å². The number of urea groups is 1. The molecule has 0 saturated heterocycles. The number of amides is 2. The fourth-order valence-electron chi connectivity index (χ4n) is 2.63. The number of nitrogens with one attached hydrogen (secondary N) is 2. The summed E-state index contributed by atoms with van der Waals surface area (Å²) < 4.78 is 37.3. The topological polar surface area (TPSA) is 41.1 Å². The second kappa shape index (κ2) is 7.03. The Bertz CT molecular complexity index is 491. The summed E-state index contributed by atoms with van der Waals surface area (Å²) in [7, 11) is 0. The Morgan fingerprint density at radius 3 is 2.27 bits per heavy atom. The van der Waals surface area contributed by atoms with E-state index in [4.69, 9.17) is 0 Å². The average molecular weight is 314 g/mol. The monoisotopic (exact) mass is 314 g/mol. The van der Waals surface area contributed by atoms with Crippen LogP contribution in [0.3, 0.4) is 0 Å². The predicted octanol–water partition coefficient (Wildman–Crippen LogP) is 4.08. The summed E-state index contributed by atoms with van der Waals surface area (Å²) >= 11 is 0. The van der Waals surface area contributed by atoms with E-state index in [2.05, 4.69) is 17.6 Å². The first kappa shape index (κ1) is 16.6. The van der Waals surface area contributed by atoms with Crippen molar-refractivity contribution >= 4 is 6.03 Å². The molecule has 0 unspecified atom stereocenters. The number of rotatable bonds is 3. The lowest BCUT2D eigenvalue weighted by atomic mass is 9.87. The Morgan fingerprint density at radius 1 is 1.14 bits per heavy atom. The molecule has 1 aromatic carbocycles. The third kappa shape index (κ3) is 4.93. The lowest BCUT2D eigenvalue weighted by Crippen LogP contribution is -2.43. The Labute approximate surface area is 128 Å². The van der Waals surface area contributed by atoms with E-state index in [-0.39, 0.29) is 18.6 Å². The third-order valence-corrected chi connectivity index (χ3v) is 4.09. The second-order valence-electron chi connectivity index (χ2n) is 5.98. The minimum atomic E-state index is -4.33. The second-order valence-corrected chi connectivity index (χ2v) is 5.98. The smallest absolute Gasteiger partial charge is 0.335 e. The highest BCUT2D eigenvalue weighted by molar-refractivity contribution is 5.74. The molecule has 2 N–H and O–H groups in total. The summed E-state index contributed by atoms with van der Waals surface area (Å²) in [6, 6.07) is 4.74. The average Bonchev–Trinajstić information content (AvgIpc) is 2.47. The van der Waals surface area contributed by atoms with Crippen LogP contribution in [0.5, 0.6) is 0 Å². The van der Waals surface area contributed by atoms with Crippen LogP contribution in [0.1, 0.15) is 43.7 Å². The van der Waals surface area contributed by atoms with E-state index >= 15 is 0 Å². The zero-order valence-electron chi connectivity index (χ0n) is 12.5. The summed E-state index contributed by atoms with van der Waals surface area (Å²) in [5.41, 5.74) is -0.0440. The number of halogens is 3. The molecule has 1 fully saturated rings. The standard InChI is InChI=1S/C16H21F3N2O/c1-11-2-8-14(9-3-11)21-15(22)20-10-12-4-6-13(7-5-12)16(17,18)19/h4-7,11,14H,2-3,8-10H2,1H3,(H2,20,21,22)/t11-,14-. The van der Waals surface area contributed by atoms with Crippen LogP contribution in [-0.4, -0.2) is 12.1 Å². The van der Waals surface area contributed by atoms with Gasteiger partial charge in [0.25, 0.3) is 0 Å². The molecule has 122 valence electrons. The molecule has 0 heterocycles. The zero-order chi connectivity index (χ0) is 16.2. The summed E-state index contributed by atoms with van der Waals surface area (Å²) in [5.74, 6) is 0.716. The highest BCUT2D eigenvalue weighted by atomic mass is 19.4. The Hall–Kier alpha value is -1.72. The molecule has 0 atom stereocenters. The van der Waals surface area contributed by atoms with Crippen molar-refractivity contribution in [2.45, 2.75) is 51.4 Å². The molecular weight excluding hydrogens is 293 g/mol. The molecule has 1 aliphatic rings. The van der Waals surface area contributed by atoms with Crippen molar-refractivity contribution in [2.24, 2.45) is 5.92 Å². The lowest BCUT2D eigenvalue weighted by Gasteiger charge is -2.26. The first-order valence-electron chi connectivity index (χ1n) is 7.55. The molecule has 2 amide bonds. The Balaban J connectivity index is 1.76. The zero-order valence-corrected chi connectivity index (χ0v) is 12.5. The van der Waals surface area contributed by atoms with E-state index in [1.807, 2.05) is 0 Å². The van der Waals surface area contributed by atoms with Crippen molar-refractivity contribution in [1.82, 2.24) is 10.6 Å². The molecule has 2 rings (SSSR count). The van der Waals surface area contributed by atoms with Gasteiger partial charge in [0.2, 0.25) is 0 Å². The van der Waals surface area contributed by atoms with Gasteiger partial charge in [-0.05, 0) is 49.3 Å². The molecule has 0 spiro atoms. The van der Waals surface area contributed by atoms with Gasteiger partial charge in [0, 0.05) is 12.6 Å². The number of alkyl halides is 3. The maximum absolute atomic E-state index is 12.4. The van der Waals surface area contributed by atoms with Crippen LogP contribution in [0, 0.1) is 5.92 Å². The van der Waals surface area contributed by atoms with E-state index in [0.29, 0.717) is 11.5 Å². The molecule has 0 aliphatic heterocycles. The maximum atomic E-state index is 12.4.